The number of nitrogens with one attached hydrogen (secondary N) is 1. The average molecular weight is 529 g/mol. The minimum atomic E-state index is -0.194. The first kappa shape index (κ1) is 24.8. The molecule has 188 valence electrons. The van der Waals surface area contributed by atoms with Crippen molar-refractivity contribution in [3.8, 4) is 5.75 Å². The number of aromatic nitrogens is 1. The molecule has 0 bridgehead atoms. The van der Waals surface area contributed by atoms with E-state index in [0.29, 0.717) is 78.4 Å². The van der Waals surface area contributed by atoms with Crippen LogP contribution in [-0.4, -0.2) is 73.1 Å². The van der Waals surface area contributed by atoms with Crippen LogP contribution in [0.5, 0.6) is 5.75 Å². The number of ether oxygens (including phenoxy) is 2. The van der Waals surface area contributed by atoms with E-state index in [-0.39, 0.29) is 18.4 Å². The maximum Gasteiger partial charge on any atom is 0.255 e. The Bertz CT molecular complexity index is 1330. The standard InChI is InChI=1S/C26H26Cl2N4O4/c1-35-23-5-3-17(28)13-22(23)30-24(33)15-31-7-6-20-19(14-31)25(26(34)32-8-10-36-11-9-32)18-4-2-16(27)12-21(18)29-20/h2-5,12-13H,6-11,14-15H2,1H3,(H,30,33). The molecule has 5 rings (SSSR count). The lowest BCUT2D eigenvalue weighted by Crippen LogP contribution is -2.42. The number of hydrogen-bond donors (Lipinski definition) is 1. The van der Waals surface area contributed by atoms with Crippen molar-refractivity contribution in [3.05, 3.63) is 63.3 Å². The summed E-state index contributed by atoms with van der Waals surface area (Å²) in [5.74, 6) is 0.296. The van der Waals surface area contributed by atoms with Gasteiger partial charge in [-0.15, -0.1) is 0 Å². The van der Waals surface area contributed by atoms with Crippen LogP contribution in [0.1, 0.15) is 21.6 Å². The van der Waals surface area contributed by atoms with Gasteiger partial charge in [-0.1, -0.05) is 29.3 Å². The summed E-state index contributed by atoms with van der Waals surface area (Å²) >= 11 is 12.3. The van der Waals surface area contributed by atoms with Crippen LogP contribution in [0.25, 0.3) is 10.9 Å². The predicted octanol–water partition coefficient (Wildman–Crippen LogP) is 4.02. The van der Waals surface area contributed by atoms with Gasteiger partial charge in [0.1, 0.15) is 5.75 Å². The molecule has 1 aromatic heterocycles. The molecule has 3 heterocycles. The highest BCUT2D eigenvalue weighted by Gasteiger charge is 2.30. The fourth-order valence-corrected chi connectivity index (χ4v) is 5.09. The molecule has 1 saturated heterocycles. The molecule has 36 heavy (non-hydrogen) atoms. The number of halogens is 2. The molecule has 1 fully saturated rings. The molecule has 3 aromatic rings. The molecule has 2 aliphatic heterocycles. The van der Waals surface area contributed by atoms with E-state index in [1.165, 1.54) is 7.11 Å². The Kier molecular flexibility index (Phi) is 7.29. The zero-order valence-electron chi connectivity index (χ0n) is 19.9. The zero-order valence-corrected chi connectivity index (χ0v) is 21.4. The Labute approximate surface area is 219 Å². The van der Waals surface area contributed by atoms with Gasteiger partial charge in [-0.05, 0) is 30.3 Å². The molecule has 0 radical (unpaired) electrons. The van der Waals surface area contributed by atoms with Crippen LogP contribution in [0.15, 0.2) is 36.4 Å². The molecule has 1 N–H and O–H groups in total. The van der Waals surface area contributed by atoms with Gasteiger partial charge in [-0.2, -0.15) is 0 Å². The first-order chi connectivity index (χ1) is 17.4. The van der Waals surface area contributed by atoms with E-state index in [2.05, 4.69) is 5.32 Å². The van der Waals surface area contributed by atoms with Crippen molar-refractivity contribution in [1.82, 2.24) is 14.8 Å². The minimum absolute atomic E-state index is 0.0424. The Balaban J connectivity index is 1.43. The lowest BCUT2D eigenvalue weighted by molar-refractivity contribution is -0.117. The largest absolute Gasteiger partial charge is 0.495 e. The van der Waals surface area contributed by atoms with Crippen LogP contribution < -0.4 is 10.1 Å². The van der Waals surface area contributed by atoms with Crippen molar-refractivity contribution in [3.63, 3.8) is 0 Å². The van der Waals surface area contributed by atoms with Gasteiger partial charge in [0.2, 0.25) is 5.91 Å². The summed E-state index contributed by atoms with van der Waals surface area (Å²) in [6, 6.07) is 10.5. The highest BCUT2D eigenvalue weighted by molar-refractivity contribution is 6.31. The molecule has 2 aromatic carbocycles. The summed E-state index contributed by atoms with van der Waals surface area (Å²) in [5.41, 5.74) is 3.59. The van der Waals surface area contributed by atoms with Crippen molar-refractivity contribution >= 4 is 51.6 Å². The molecular weight excluding hydrogens is 503 g/mol. The molecular formula is C26H26Cl2N4O4. The van der Waals surface area contributed by atoms with E-state index < -0.39 is 0 Å². The summed E-state index contributed by atoms with van der Waals surface area (Å²) in [5, 5.41) is 4.73. The van der Waals surface area contributed by atoms with E-state index in [0.717, 1.165) is 16.6 Å². The van der Waals surface area contributed by atoms with Crippen molar-refractivity contribution < 1.29 is 19.1 Å². The Morgan fingerprint density at radius 1 is 1.08 bits per heavy atom. The van der Waals surface area contributed by atoms with E-state index in [1.807, 2.05) is 15.9 Å². The molecule has 0 aliphatic carbocycles. The molecule has 0 atom stereocenters. The van der Waals surface area contributed by atoms with Gasteiger partial charge in [0.05, 0.1) is 43.6 Å². The zero-order chi connectivity index (χ0) is 25.2. The monoisotopic (exact) mass is 528 g/mol. The van der Waals surface area contributed by atoms with Gasteiger partial charge in [-0.3, -0.25) is 19.5 Å². The number of hydrogen-bond acceptors (Lipinski definition) is 6. The lowest BCUT2D eigenvalue weighted by Gasteiger charge is -2.32. The Morgan fingerprint density at radius 3 is 2.61 bits per heavy atom. The number of anilines is 1. The number of pyridine rings is 1. The van der Waals surface area contributed by atoms with Crippen molar-refractivity contribution in [1.29, 1.82) is 0 Å². The van der Waals surface area contributed by atoms with Gasteiger partial charge < -0.3 is 19.7 Å². The second-order valence-corrected chi connectivity index (χ2v) is 9.70. The lowest BCUT2D eigenvalue weighted by atomic mass is 9.94. The van der Waals surface area contributed by atoms with Crippen LogP contribution >= 0.6 is 23.2 Å². The molecule has 0 saturated carbocycles. The third-order valence-electron chi connectivity index (χ3n) is 6.50. The van der Waals surface area contributed by atoms with Gasteiger partial charge in [0.25, 0.3) is 5.91 Å². The Morgan fingerprint density at radius 2 is 1.83 bits per heavy atom. The summed E-state index contributed by atoms with van der Waals surface area (Å²) < 4.78 is 10.8. The van der Waals surface area contributed by atoms with Crippen LogP contribution in [-0.2, 0) is 22.5 Å². The maximum atomic E-state index is 13.7. The quantitative estimate of drug-likeness (QED) is 0.538. The highest BCUT2D eigenvalue weighted by Crippen LogP contribution is 2.31. The molecule has 2 amide bonds. The van der Waals surface area contributed by atoms with Crippen molar-refractivity contribution in [2.45, 2.75) is 13.0 Å². The fourth-order valence-electron chi connectivity index (χ4n) is 4.75. The summed E-state index contributed by atoms with van der Waals surface area (Å²) in [7, 11) is 1.54. The van der Waals surface area contributed by atoms with Crippen LogP contribution in [0.4, 0.5) is 5.69 Å². The van der Waals surface area contributed by atoms with E-state index in [1.54, 1.807) is 30.3 Å². The molecule has 2 aliphatic rings. The number of benzene rings is 2. The first-order valence-electron chi connectivity index (χ1n) is 11.8. The predicted molar refractivity (Wildman–Crippen MR) is 139 cm³/mol. The number of carbonyl (C=O) groups is 2. The second-order valence-electron chi connectivity index (χ2n) is 8.83. The molecule has 0 unspecified atom stereocenters. The highest BCUT2D eigenvalue weighted by atomic mass is 35.5. The topological polar surface area (TPSA) is 84.0 Å². The van der Waals surface area contributed by atoms with Crippen LogP contribution in [0.3, 0.4) is 0 Å². The number of carbonyl (C=O) groups excluding carboxylic acids is 2. The number of rotatable bonds is 5. The smallest absolute Gasteiger partial charge is 0.255 e. The van der Waals surface area contributed by atoms with Gasteiger partial charge in [0.15, 0.2) is 0 Å². The third kappa shape index (κ3) is 5.13. The molecule has 10 heteroatoms. The maximum absolute atomic E-state index is 13.7. The number of fused-ring (bicyclic) bond motifs is 2. The first-order valence-corrected chi connectivity index (χ1v) is 12.5. The van der Waals surface area contributed by atoms with Gasteiger partial charge in [0, 0.05) is 59.3 Å². The third-order valence-corrected chi connectivity index (χ3v) is 6.97. The molecule has 8 nitrogen and oxygen atoms in total. The summed E-state index contributed by atoms with van der Waals surface area (Å²) in [4.78, 5) is 35.3. The summed E-state index contributed by atoms with van der Waals surface area (Å²) in [6.45, 7) is 3.34. The normalized spacial score (nSPS) is 16.0. The number of morpholine rings is 1. The Hall–Kier alpha value is -2.91. The second kappa shape index (κ2) is 10.6. The van der Waals surface area contributed by atoms with Gasteiger partial charge >= 0.3 is 0 Å². The van der Waals surface area contributed by atoms with E-state index in [4.69, 9.17) is 37.7 Å². The van der Waals surface area contributed by atoms with Crippen LogP contribution in [0.2, 0.25) is 10.0 Å². The number of methoxy groups -OCH3 is 1. The minimum Gasteiger partial charge on any atom is -0.495 e. The average Bonchev–Trinajstić information content (AvgIpc) is 2.87. The summed E-state index contributed by atoms with van der Waals surface area (Å²) in [6.07, 6.45) is 0.620. The SMILES string of the molecule is COc1ccc(Cl)cc1NC(=O)CN1CCc2nc3cc(Cl)ccc3c(C(=O)N3CCOCC3)c2C1. The van der Waals surface area contributed by atoms with Crippen LogP contribution in [0, 0.1) is 0 Å². The van der Waals surface area contributed by atoms with Crippen molar-refractivity contribution in [2.75, 3.05) is 51.8 Å². The molecule has 0 spiro atoms. The van der Waals surface area contributed by atoms with Crippen molar-refractivity contribution in [2.24, 2.45) is 0 Å². The van der Waals surface area contributed by atoms with E-state index >= 15 is 0 Å². The number of nitrogens with zero attached hydrogens (tertiary/aromatic N) is 3. The fraction of sp³-hybridized carbons (Fsp3) is 0.346. The van der Waals surface area contributed by atoms with Gasteiger partial charge in [-0.25, -0.2) is 0 Å². The van der Waals surface area contributed by atoms with E-state index in [9.17, 15) is 9.59 Å². The number of amides is 2.